The summed E-state index contributed by atoms with van der Waals surface area (Å²) in [5.74, 6) is 3.69. The Balaban J connectivity index is 1.65. The van der Waals surface area contributed by atoms with Crippen LogP contribution in [-0.2, 0) is 0 Å². The van der Waals surface area contributed by atoms with Crippen LogP contribution in [0.5, 0.6) is 11.5 Å². The molecular formula is C15H16I2O2. The zero-order valence-corrected chi connectivity index (χ0v) is 14.9. The van der Waals surface area contributed by atoms with Crippen LogP contribution in [-0.4, -0.2) is 12.2 Å². The fourth-order valence-electron chi connectivity index (χ4n) is 3.94. The van der Waals surface area contributed by atoms with E-state index in [4.69, 9.17) is 9.47 Å². The molecule has 2 aliphatic carbocycles. The summed E-state index contributed by atoms with van der Waals surface area (Å²) >= 11 is 4.70. The molecule has 0 N–H and O–H groups in total. The van der Waals surface area contributed by atoms with Gasteiger partial charge in [-0.15, -0.1) is 0 Å². The Hall–Kier alpha value is 0.280. The second kappa shape index (κ2) is 4.93. The van der Waals surface area contributed by atoms with Crippen molar-refractivity contribution >= 4 is 45.2 Å². The second-order valence-electron chi connectivity index (χ2n) is 5.95. The van der Waals surface area contributed by atoms with Crippen molar-refractivity contribution in [2.24, 2.45) is 11.8 Å². The zero-order valence-electron chi connectivity index (χ0n) is 10.6. The number of hydrogen-bond donors (Lipinski definition) is 0. The van der Waals surface area contributed by atoms with E-state index in [1.807, 2.05) is 0 Å². The third-order valence-corrected chi connectivity index (χ3v) is 6.25. The molecule has 0 bridgehead atoms. The molecule has 4 atom stereocenters. The first-order chi connectivity index (χ1) is 9.20. The summed E-state index contributed by atoms with van der Waals surface area (Å²) in [6.07, 6.45) is 7.13. The van der Waals surface area contributed by atoms with Gasteiger partial charge < -0.3 is 9.47 Å². The van der Waals surface area contributed by atoms with E-state index < -0.39 is 0 Å². The number of fused-ring (bicyclic) bond motifs is 3. The van der Waals surface area contributed by atoms with Gasteiger partial charge >= 0.3 is 0 Å². The van der Waals surface area contributed by atoms with E-state index in [9.17, 15) is 0 Å². The Bertz CT molecular complexity index is 517. The van der Waals surface area contributed by atoms with Crippen molar-refractivity contribution in [1.29, 1.82) is 0 Å². The molecule has 0 saturated heterocycles. The normalized spacial score (nSPS) is 35.7. The molecule has 102 valence electrons. The first kappa shape index (κ1) is 13.0. The quantitative estimate of drug-likeness (QED) is 0.503. The minimum atomic E-state index is 0.278. The van der Waals surface area contributed by atoms with E-state index >= 15 is 0 Å². The standard InChI is InChI=1S/C15H16I2O2/c16-10-6-11(17)15-14(7-10)18-12-4-8-2-1-3-9(8)5-13(12)19-15/h6-9,12-13H,1-5H2. The van der Waals surface area contributed by atoms with E-state index in [1.54, 1.807) is 0 Å². The Morgan fingerprint density at radius 1 is 0.947 bits per heavy atom. The lowest BCUT2D eigenvalue weighted by atomic mass is 9.78. The van der Waals surface area contributed by atoms with Crippen LogP contribution in [0.25, 0.3) is 0 Å². The number of hydrogen-bond acceptors (Lipinski definition) is 2. The van der Waals surface area contributed by atoms with E-state index in [-0.39, 0.29) is 12.2 Å². The minimum absolute atomic E-state index is 0.278. The number of ether oxygens (including phenoxy) is 2. The van der Waals surface area contributed by atoms with Crippen LogP contribution < -0.4 is 9.47 Å². The van der Waals surface area contributed by atoms with Gasteiger partial charge in [0.1, 0.15) is 12.2 Å². The highest BCUT2D eigenvalue weighted by atomic mass is 127. The van der Waals surface area contributed by atoms with Gasteiger partial charge in [0, 0.05) is 3.57 Å². The highest BCUT2D eigenvalue weighted by Gasteiger charge is 2.44. The molecule has 19 heavy (non-hydrogen) atoms. The van der Waals surface area contributed by atoms with Crippen molar-refractivity contribution in [1.82, 2.24) is 0 Å². The van der Waals surface area contributed by atoms with Gasteiger partial charge in [0.25, 0.3) is 0 Å². The smallest absolute Gasteiger partial charge is 0.175 e. The van der Waals surface area contributed by atoms with E-state index in [0.717, 1.165) is 23.3 Å². The highest BCUT2D eigenvalue weighted by molar-refractivity contribution is 14.1. The third kappa shape index (κ3) is 2.26. The molecule has 4 heteroatoms. The maximum atomic E-state index is 6.29. The van der Waals surface area contributed by atoms with Gasteiger partial charge in [-0.3, -0.25) is 0 Å². The average Bonchev–Trinajstić information content (AvgIpc) is 2.81. The molecule has 1 aromatic rings. The molecule has 1 heterocycles. The molecule has 2 nitrogen and oxygen atoms in total. The van der Waals surface area contributed by atoms with Crippen LogP contribution in [0, 0.1) is 19.0 Å². The van der Waals surface area contributed by atoms with Crippen molar-refractivity contribution in [2.45, 2.75) is 44.3 Å². The summed E-state index contributed by atoms with van der Waals surface area (Å²) in [5, 5.41) is 0. The van der Waals surface area contributed by atoms with E-state index in [0.29, 0.717) is 0 Å². The van der Waals surface area contributed by atoms with Crippen LogP contribution >= 0.6 is 45.2 Å². The Morgan fingerprint density at radius 3 is 2.37 bits per heavy atom. The number of halogens is 2. The molecule has 0 radical (unpaired) electrons. The summed E-state index contributed by atoms with van der Waals surface area (Å²) in [6.45, 7) is 0. The van der Waals surface area contributed by atoms with Gasteiger partial charge in [0.15, 0.2) is 11.5 Å². The maximum absolute atomic E-state index is 6.29. The second-order valence-corrected chi connectivity index (χ2v) is 8.36. The van der Waals surface area contributed by atoms with Crippen LogP contribution in [0.1, 0.15) is 32.1 Å². The van der Waals surface area contributed by atoms with Crippen molar-refractivity contribution < 1.29 is 9.47 Å². The fourth-order valence-corrected chi connectivity index (χ4v) is 5.85. The molecule has 2 fully saturated rings. The van der Waals surface area contributed by atoms with Gasteiger partial charge in [0.2, 0.25) is 0 Å². The molecule has 4 rings (SSSR count). The molecule has 4 unspecified atom stereocenters. The van der Waals surface area contributed by atoms with Crippen LogP contribution in [0.3, 0.4) is 0 Å². The van der Waals surface area contributed by atoms with Gasteiger partial charge in [-0.1, -0.05) is 19.3 Å². The largest absolute Gasteiger partial charge is 0.483 e. The van der Waals surface area contributed by atoms with Crippen molar-refractivity contribution in [3.63, 3.8) is 0 Å². The number of rotatable bonds is 0. The predicted molar refractivity (Wildman–Crippen MR) is 90.8 cm³/mol. The van der Waals surface area contributed by atoms with Gasteiger partial charge in [0.05, 0.1) is 3.57 Å². The van der Waals surface area contributed by atoms with E-state index in [2.05, 4.69) is 57.3 Å². The third-order valence-electron chi connectivity index (χ3n) is 4.82. The lowest BCUT2D eigenvalue weighted by molar-refractivity contribution is -0.0374. The molecule has 1 aromatic carbocycles. The van der Waals surface area contributed by atoms with Crippen LogP contribution in [0.2, 0.25) is 0 Å². The van der Waals surface area contributed by atoms with Crippen molar-refractivity contribution in [3.8, 4) is 11.5 Å². The minimum Gasteiger partial charge on any atom is -0.483 e. The lowest BCUT2D eigenvalue weighted by Crippen LogP contribution is -2.46. The molecule has 0 aromatic heterocycles. The Kier molecular flexibility index (Phi) is 3.37. The van der Waals surface area contributed by atoms with Gasteiger partial charge in [-0.05, 0) is 82.0 Å². The van der Waals surface area contributed by atoms with Crippen molar-refractivity contribution in [3.05, 3.63) is 19.3 Å². The summed E-state index contributed by atoms with van der Waals surface area (Å²) in [6, 6.07) is 4.26. The van der Waals surface area contributed by atoms with Crippen LogP contribution in [0.15, 0.2) is 12.1 Å². The first-order valence-electron chi connectivity index (χ1n) is 7.03. The summed E-state index contributed by atoms with van der Waals surface area (Å²) < 4.78 is 15.0. The SMILES string of the molecule is Ic1cc(I)c2c(c1)OC1CC3CCCC3CC1O2. The maximum Gasteiger partial charge on any atom is 0.175 e. The van der Waals surface area contributed by atoms with Gasteiger partial charge in [-0.2, -0.15) is 0 Å². The van der Waals surface area contributed by atoms with Gasteiger partial charge in [-0.25, -0.2) is 0 Å². The fraction of sp³-hybridized carbons (Fsp3) is 0.600. The van der Waals surface area contributed by atoms with Crippen LogP contribution in [0.4, 0.5) is 0 Å². The van der Waals surface area contributed by atoms with Crippen molar-refractivity contribution in [2.75, 3.05) is 0 Å². The summed E-state index contributed by atoms with van der Waals surface area (Å²) in [5.41, 5.74) is 0. The topological polar surface area (TPSA) is 18.5 Å². The monoisotopic (exact) mass is 482 g/mol. The average molecular weight is 482 g/mol. The highest BCUT2D eigenvalue weighted by Crippen LogP contribution is 2.48. The summed E-state index contributed by atoms with van der Waals surface area (Å²) in [7, 11) is 0. The predicted octanol–water partition coefficient (Wildman–Crippen LogP) is 4.61. The molecule has 1 aliphatic heterocycles. The molecule has 0 spiro atoms. The molecule has 2 saturated carbocycles. The molecular weight excluding hydrogens is 466 g/mol. The number of benzene rings is 1. The Morgan fingerprint density at radius 2 is 1.63 bits per heavy atom. The lowest BCUT2D eigenvalue weighted by Gasteiger charge is -2.42. The Labute approximate surface area is 140 Å². The summed E-state index contributed by atoms with van der Waals surface area (Å²) in [4.78, 5) is 0. The molecule has 0 amide bonds. The zero-order chi connectivity index (χ0) is 13.0. The first-order valence-corrected chi connectivity index (χ1v) is 9.19. The van der Waals surface area contributed by atoms with E-state index in [1.165, 1.54) is 39.2 Å². The molecule has 3 aliphatic rings.